The number of nitrogens with one attached hydrogen (secondary N) is 2. The third-order valence-corrected chi connectivity index (χ3v) is 4.74. The molecule has 5 nitrogen and oxygen atoms in total. The van der Waals surface area contributed by atoms with Gasteiger partial charge in [-0.05, 0) is 43.2 Å². The lowest BCUT2D eigenvalue weighted by Crippen LogP contribution is -2.16. The van der Waals surface area contributed by atoms with Crippen LogP contribution in [0.3, 0.4) is 0 Å². The zero-order valence-electron chi connectivity index (χ0n) is 13.7. The Labute approximate surface area is 151 Å². The number of para-hydroxylation sites is 1. The van der Waals surface area contributed by atoms with Gasteiger partial charge in [-0.25, -0.2) is 4.98 Å². The summed E-state index contributed by atoms with van der Waals surface area (Å²) in [4.78, 5) is 9.20. The molecule has 4 rings (SSSR count). The van der Waals surface area contributed by atoms with E-state index in [0.717, 1.165) is 29.6 Å². The normalized spacial score (nSPS) is 14.8. The van der Waals surface area contributed by atoms with Gasteiger partial charge >= 0.3 is 0 Å². The second kappa shape index (κ2) is 6.76. The summed E-state index contributed by atoms with van der Waals surface area (Å²) in [5.41, 5.74) is 1.33. The molecule has 1 saturated carbocycles. The molecule has 1 aliphatic carbocycles. The van der Waals surface area contributed by atoms with Crippen molar-refractivity contribution in [1.82, 2.24) is 9.97 Å². The third kappa shape index (κ3) is 3.46. The minimum Gasteiger partial charge on any atom is -0.506 e. The molecule has 1 heterocycles. The maximum absolute atomic E-state index is 10.0. The van der Waals surface area contributed by atoms with Gasteiger partial charge in [-0.15, -0.1) is 0 Å². The standard InChI is InChI=1S/C19H19ClN4O/c20-12-9-10-17(25)16(11-12)23-19-22-15-8-4-3-7-14(15)18(24-19)21-13-5-1-2-6-13/h3-4,7-11,13,25H,1-2,5-6H2,(H2,21,22,23,24). The number of aromatic hydroxyl groups is 1. The minimum absolute atomic E-state index is 0.103. The van der Waals surface area contributed by atoms with Crippen LogP contribution in [0.15, 0.2) is 42.5 Å². The topological polar surface area (TPSA) is 70.1 Å². The van der Waals surface area contributed by atoms with E-state index in [1.165, 1.54) is 12.8 Å². The zero-order valence-corrected chi connectivity index (χ0v) is 14.4. The first kappa shape index (κ1) is 16.0. The van der Waals surface area contributed by atoms with E-state index in [-0.39, 0.29) is 5.75 Å². The van der Waals surface area contributed by atoms with Crippen LogP contribution in [0.4, 0.5) is 17.5 Å². The first-order valence-corrected chi connectivity index (χ1v) is 8.86. The molecule has 1 aromatic heterocycles. The van der Waals surface area contributed by atoms with E-state index in [0.29, 0.717) is 22.7 Å². The maximum Gasteiger partial charge on any atom is 0.229 e. The van der Waals surface area contributed by atoms with Gasteiger partial charge in [-0.1, -0.05) is 36.6 Å². The van der Waals surface area contributed by atoms with Gasteiger partial charge in [-0.2, -0.15) is 4.98 Å². The Morgan fingerprint density at radius 3 is 2.68 bits per heavy atom. The number of benzene rings is 2. The van der Waals surface area contributed by atoms with Gasteiger partial charge in [0.2, 0.25) is 5.95 Å². The summed E-state index contributed by atoms with van der Waals surface area (Å²) in [7, 11) is 0. The molecule has 3 aromatic rings. The third-order valence-electron chi connectivity index (χ3n) is 4.50. The highest BCUT2D eigenvalue weighted by Crippen LogP contribution is 2.31. The van der Waals surface area contributed by atoms with Gasteiger partial charge in [0, 0.05) is 16.5 Å². The lowest BCUT2D eigenvalue weighted by molar-refractivity contribution is 0.477. The number of hydrogen-bond acceptors (Lipinski definition) is 5. The Kier molecular flexibility index (Phi) is 4.32. The highest BCUT2D eigenvalue weighted by Gasteiger charge is 2.17. The maximum atomic E-state index is 10.0. The number of rotatable bonds is 4. The minimum atomic E-state index is 0.103. The van der Waals surface area contributed by atoms with Crippen LogP contribution >= 0.6 is 11.6 Å². The van der Waals surface area contributed by atoms with Gasteiger partial charge in [0.15, 0.2) is 0 Å². The molecule has 3 N–H and O–H groups in total. The first-order chi connectivity index (χ1) is 12.2. The van der Waals surface area contributed by atoms with Crippen molar-refractivity contribution in [1.29, 1.82) is 0 Å². The second-order valence-corrected chi connectivity index (χ2v) is 6.76. The fourth-order valence-corrected chi connectivity index (χ4v) is 3.41. The van der Waals surface area contributed by atoms with Crippen LogP contribution in [-0.4, -0.2) is 21.1 Å². The molecule has 1 fully saturated rings. The summed E-state index contributed by atoms with van der Waals surface area (Å²) in [5.74, 6) is 1.35. The monoisotopic (exact) mass is 354 g/mol. The van der Waals surface area contributed by atoms with Gasteiger partial charge in [0.25, 0.3) is 0 Å². The number of fused-ring (bicyclic) bond motifs is 1. The van der Waals surface area contributed by atoms with E-state index in [4.69, 9.17) is 11.6 Å². The quantitative estimate of drug-likeness (QED) is 0.569. The SMILES string of the molecule is Oc1ccc(Cl)cc1Nc1nc(NC2CCCC2)c2ccccc2n1. The van der Waals surface area contributed by atoms with Gasteiger partial charge in [-0.3, -0.25) is 0 Å². The smallest absolute Gasteiger partial charge is 0.229 e. The second-order valence-electron chi connectivity index (χ2n) is 6.33. The first-order valence-electron chi connectivity index (χ1n) is 8.48. The lowest BCUT2D eigenvalue weighted by Gasteiger charge is -2.16. The van der Waals surface area contributed by atoms with Crippen molar-refractivity contribution in [3.8, 4) is 5.75 Å². The fourth-order valence-electron chi connectivity index (χ4n) is 3.23. The summed E-state index contributed by atoms with van der Waals surface area (Å²) in [6, 6.07) is 13.2. The number of anilines is 3. The van der Waals surface area contributed by atoms with E-state index >= 15 is 0 Å². The molecule has 0 bridgehead atoms. The molecule has 1 aliphatic rings. The van der Waals surface area contributed by atoms with E-state index in [9.17, 15) is 5.11 Å². The highest BCUT2D eigenvalue weighted by atomic mass is 35.5. The Bertz CT molecular complexity index is 909. The Morgan fingerprint density at radius 2 is 1.84 bits per heavy atom. The average molecular weight is 355 g/mol. The van der Waals surface area contributed by atoms with E-state index in [2.05, 4.69) is 20.6 Å². The Morgan fingerprint density at radius 1 is 1.04 bits per heavy atom. The van der Waals surface area contributed by atoms with Crippen molar-refractivity contribution in [2.75, 3.05) is 10.6 Å². The van der Waals surface area contributed by atoms with Crippen molar-refractivity contribution >= 4 is 40.0 Å². The molecule has 0 amide bonds. The summed E-state index contributed by atoms with van der Waals surface area (Å²) >= 11 is 6.02. The molecule has 0 aliphatic heterocycles. The van der Waals surface area contributed by atoms with Crippen LogP contribution in [0.5, 0.6) is 5.75 Å². The van der Waals surface area contributed by atoms with Crippen molar-refractivity contribution < 1.29 is 5.11 Å². The molecule has 0 unspecified atom stereocenters. The summed E-state index contributed by atoms with van der Waals surface area (Å²) in [5, 5.41) is 18.2. The molecule has 0 radical (unpaired) electrons. The Balaban J connectivity index is 1.72. The lowest BCUT2D eigenvalue weighted by atomic mass is 10.2. The zero-order chi connectivity index (χ0) is 17.2. The van der Waals surface area contributed by atoms with Gasteiger partial charge in [0.05, 0.1) is 11.2 Å². The van der Waals surface area contributed by atoms with Crippen LogP contribution in [0.1, 0.15) is 25.7 Å². The molecule has 0 spiro atoms. The Hall–Kier alpha value is -2.53. The van der Waals surface area contributed by atoms with Crippen LogP contribution in [0, 0.1) is 0 Å². The van der Waals surface area contributed by atoms with E-state index in [1.807, 2.05) is 24.3 Å². The fraction of sp³-hybridized carbons (Fsp3) is 0.263. The predicted molar refractivity (Wildman–Crippen MR) is 102 cm³/mol. The van der Waals surface area contributed by atoms with Gasteiger partial charge in [0.1, 0.15) is 11.6 Å². The number of halogens is 1. The van der Waals surface area contributed by atoms with Crippen molar-refractivity contribution in [2.45, 2.75) is 31.7 Å². The van der Waals surface area contributed by atoms with Crippen molar-refractivity contribution in [3.05, 3.63) is 47.5 Å². The molecular weight excluding hydrogens is 336 g/mol. The van der Waals surface area contributed by atoms with E-state index < -0.39 is 0 Å². The number of phenols is 1. The average Bonchev–Trinajstić information content (AvgIpc) is 3.11. The molecule has 6 heteroatoms. The number of phenolic OH excluding ortho intramolecular Hbond substituents is 1. The predicted octanol–water partition coefficient (Wildman–Crippen LogP) is 5.09. The van der Waals surface area contributed by atoms with Crippen LogP contribution in [0.25, 0.3) is 10.9 Å². The molecule has 25 heavy (non-hydrogen) atoms. The number of aromatic nitrogens is 2. The molecule has 2 aromatic carbocycles. The summed E-state index contributed by atoms with van der Waals surface area (Å²) in [6.45, 7) is 0. The number of nitrogens with zero attached hydrogens (tertiary/aromatic N) is 2. The van der Waals surface area contributed by atoms with E-state index in [1.54, 1.807) is 18.2 Å². The summed E-state index contributed by atoms with van der Waals surface area (Å²) in [6.07, 6.45) is 4.83. The van der Waals surface area contributed by atoms with Crippen molar-refractivity contribution in [3.63, 3.8) is 0 Å². The van der Waals surface area contributed by atoms with Crippen LogP contribution in [0.2, 0.25) is 5.02 Å². The molecule has 0 saturated heterocycles. The van der Waals surface area contributed by atoms with Crippen molar-refractivity contribution in [2.24, 2.45) is 0 Å². The molecule has 0 atom stereocenters. The summed E-state index contributed by atoms with van der Waals surface area (Å²) < 4.78 is 0. The van der Waals surface area contributed by atoms with Gasteiger partial charge < -0.3 is 15.7 Å². The largest absolute Gasteiger partial charge is 0.506 e. The highest BCUT2D eigenvalue weighted by molar-refractivity contribution is 6.31. The molecule has 128 valence electrons. The number of hydrogen-bond donors (Lipinski definition) is 3. The molecular formula is C19H19ClN4O. The van der Waals surface area contributed by atoms with Crippen LogP contribution < -0.4 is 10.6 Å². The van der Waals surface area contributed by atoms with Crippen LogP contribution in [-0.2, 0) is 0 Å².